The number of phenols is 1. The Bertz CT molecular complexity index is 638. The maximum atomic E-state index is 11.2. The number of fused-ring (bicyclic) bond motifs is 1. The van der Waals surface area contributed by atoms with Gasteiger partial charge in [0, 0.05) is 18.7 Å². The SMILES string of the molecule is CC(C)CN(CC(N)=O)Cc1c(O)ccc2ccccc12. The minimum absolute atomic E-state index is 0.195. The van der Waals surface area contributed by atoms with Crippen molar-refractivity contribution in [1.82, 2.24) is 4.90 Å². The van der Waals surface area contributed by atoms with Gasteiger partial charge in [0.15, 0.2) is 0 Å². The summed E-state index contributed by atoms with van der Waals surface area (Å²) in [5, 5.41) is 12.3. The first-order valence-electron chi connectivity index (χ1n) is 7.17. The van der Waals surface area contributed by atoms with Gasteiger partial charge < -0.3 is 10.8 Å². The van der Waals surface area contributed by atoms with Crippen LogP contribution in [0, 0.1) is 5.92 Å². The number of nitrogens with zero attached hydrogens (tertiary/aromatic N) is 1. The lowest BCUT2D eigenvalue weighted by Gasteiger charge is -2.24. The number of carbonyl (C=O) groups is 1. The van der Waals surface area contributed by atoms with Crippen molar-refractivity contribution in [2.45, 2.75) is 20.4 Å². The molecule has 0 aliphatic carbocycles. The van der Waals surface area contributed by atoms with Gasteiger partial charge in [0.05, 0.1) is 6.54 Å². The van der Waals surface area contributed by atoms with E-state index in [4.69, 9.17) is 5.73 Å². The Labute approximate surface area is 125 Å². The van der Waals surface area contributed by atoms with Gasteiger partial charge >= 0.3 is 0 Å². The fourth-order valence-corrected chi connectivity index (χ4v) is 2.64. The molecule has 0 saturated carbocycles. The molecule has 0 atom stereocenters. The summed E-state index contributed by atoms with van der Waals surface area (Å²) >= 11 is 0. The molecule has 3 N–H and O–H groups in total. The zero-order valence-electron chi connectivity index (χ0n) is 12.5. The molecular formula is C17H22N2O2. The quantitative estimate of drug-likeness (QED) is 0.857. The van der Waals surface area contributed by atoms with Crippen molar-refractivity contribution in [1.29, 1.82) is 0 Å². The molecule has 0 heterocycles. The van der Waals surface area contributed by atoms with Crippen LogP contribution in [0.25, 0.3) is 10.8 Å². The highest BCUT2D eigenvalue weighted by atomic mass is 16.3. The summed E-state index contributed by atoms with van der Waals surface area (Å²) in [5.74, 6) is 0.323. The Hall–Kier alpha value is -2.07. The predicted octanol–water partition coefficient (Wildman–Crippen LogP) is 2.49. The molecule has 2 rings (SSSR count). The third kappa shape index (κ3) is 3.95. The van der Waals surface area contributed by atoms with Gasteiger partial charge in [-0.1, -0.05) is 44.2 Å². The molecule has 2 aromatic carbocycles. The van der Waals surface area contributed by atoms with Crippen LogP contribution in [0.5, 0.6) is 5.75 Å². The maximum Gasteiger partial charge on any atom is 0.231 e. The van der Waals surface area contributed by atoms with Crippen LogP contribution in [0.3, 0.4) is 0 Å². The minimum atomic E-state index is -0.352. The average Bonchev–Trinajstić information content (AvgIpc) is 2.40. The van der Waals surface area contributed by atoms with Crippen molar-refractivity contribution >= 4 is 16.7 Å². The first-order chi connectivity index (χ1) is 9.97. The fraction of sp³-hybridized carbons (Fsp3) is 0.353. The second-order valence-electron chi connectivity index (χ2n) is 5.81. The van der Waals surface area contributed by atoms with E-state index >= 15 is 0 Å². The molecule has 21 heavy (non-hydrogen) atoms. The molecular weight excluding hydrogens is 264 g/mol. The molecule has 4 nitrogen and oxygen atoms in total. The number of hydrogen-bond acceptors (Lipinski definition) is 3. The molecule has 0 aliphatic heterocycles. The Morgan fingerprint density at radius 3 is 2.62 bits per heavy atom. The molecule has 4 heteroatoms. The summed E-state index contributed by atoms with van der Waals surface area (Å²) in [6.45, 7) is 5.65. The van der Waals surface area contributed by atoms with E-state index in [0.29, 0.717) is 12.5 Å². The monoisotopic (exact) mass is 286 g/mol. The van der Waals surface area contributed by atoms with Gasteiger partial charge in [-0.05, 0) is 22.8 Å². The molecule has 0 spiro atoms. The summed E-state index contributed by atoms with van der Waals surface area (Å²) in [7, 11) is 0. The molecule has 1 amide bonds. The van der Waals surface area contributed by atoms with Gasteiger partial charge in [-0.15, -0.1) is 0 Å². The van der Waals surface area contributed by atoms with Crippen LogP contribution in [0.15, 0.2) is 36.4 Å². The Balaban J connectivity index is 2.35. The summed E-state index contributed by atoms with van der Waals surface area (Å²) in [6.07, 6.45) is 0. The second-order valence-corrected chi connectivity index (χ2v) is 5.81. The van der Waals surface area contributed by atoms with Gasteiger partial charge in [-0.3, -0.25) is 9.69 Å². The highest BCUT2D eigenvalue weighted by Crippen LogP contribution is 2.28. The third-order valence-corrected chi connectivity index (χ3v) is 3.40. The number of rotatable bonds is 6. The van der Waals surface area contributed by atoms with Crippen molar-refractivity contribution in [3.63, 3.8) is 0 Å². The van der Waals surface area contributed by atoms with Gasteiger partial charge in [0.2, 0.25) is 5.91 Å². The lowest BCUT2D eigenvalue weighted by Crippen LogP contribution is -2.35. The van der Waals surface area contributed by atoms with Crippen molar-refractivity contribution in [3.8, 4) is 5.75 Å². The van der Waals surface area contributed by atoms with Crippen molar-refractivity contribution < 1.29 is 9.90 Å². The lowest BCUT2D eigenvalue weighted by molar-refractivity contribution is -0.119. The van der Waals surface area contributed by atoms with Crippen LogP contribution < -0.4 is 5.73 Å². The highest BCUT2D eigenvalue weighted by Gasteiger charge is 2.15. The molecule has 0 aliphatic rings. The number of amides is 1. The topological polar surface area (TPSA) is 66.6 Å². The summed E-state index contributed by atoms with van der Waals surface area (Å²) in [6, 6.07) is 11.5. The highest BCUT2D eigenvalue weighted by molar-refractivity contribution is 5.87. The smallest absolute Gasteiger partial charge is 0.231 e. The zero-order chi connectivity index (χ0) is 15.4. The van der Waals surface area contributed by atoms with E-state index in [-0.39, 0.29) is 18.2 Å². The minimum Gasteiger partial charge on any atom is -0.508 e. The number of aromatic hydroxyl groups is 1. The number of nitrogens with two attached hydrogens (primary N) is 1. The first-order valence-corrected chi connectivity index (χ1v) is 7.17. The fourth-order valence-electron chi connectivity index (χ4n) is 2.64. The van der Waals surface area contributed by atoms with E-state index in [1.807, 2.05) is 35.2 Å². The average molecular weight is 286 g/mol. The van der Waals surface area contributed by atoms with Crippen LogP contribution in [-0.4, -0.2) is 29.0 Å². The Kier molecular flexibility index (Phi) is 4.81. The molecule has 0 unspecified atom stereocenters. The largest absolute Gasteiger partial charge is 0.508 e. The molecule has 0 bridgehead atoms. The van der Waals surface area contributed by atoms with Crippen LogP contribution in [0.2, 0.25) is 0 Å². The Morgan fingerprint density at radius 2 is 1.95 bits per heavy atom. The van der Waals surface area contributed by atoms with Crippen molar-refractivity contribution in [3.05, 3.63) is 42.0 Å². The van der Waals surface area contributed by atoms with Crippen molar-refractivity contribution in [2.24, 2.45) is 11.7 Å². The van der Waals surface area contributed by atoms with Crippen LogP contribution >= 0.6 is 0 Å². The Morgan fingerprint density at radius 1 is 1.24 bits per heavy atom. The molecule has 112 valence electrons. The summed E-state index contributed by atoms with van der Waals surface area (Å²) < 4.78 is 0. The zero-order valence-corrected chi connectivity index (χ0v) is 12.5. The van der Waals surface area contributed by atoms with E-state index in [1.54, 1.807) is 6.07 Å². The molecule has 0 saturated heterocycles. The molecule has 2 aromatic rings. The number of primary amides is 1. The number of benzene rings is 2. The predicted molar refractivity (Wildman–Crippen MR) is 84.9 cm³/mol. The van der Waals surface area contributed by atoms with Gasteiger partial charge in [0.25, 0.3) is 0 Å². The van der Waals surface area contributed by atoms with Gasteiger partial charge in [-0.2, -0.15) is 0 Å². The van der Waals surface area contributed by atoms with Gasteiger partial charge in [0.1, 0.15) is 5.75 Å². The second kappa shape index (κ2) is 6.59. The standard InChI is InChI=1S/C17H22N2O2/c1-12(2)9-19(11-17(18)21)10-15-14-6-4-3-5-13(14)7-8-16(15)20/h3-8,12,20H,9-11H2,1-2H3,(H2,18,21). The number of phenolic OH excluding ortho intramolecular Hbond substituents is 1. The number of carbonyl (C=O) groups excluding carboxylic acids is 1. The van der Waals surface area contributed by atoms with E-state index in [0.717, 1.165) is 22.9 Å². The molecule has 0 radical (unpaired) electrons. The first kappa shape index (κ1) is 15.3. The van der Waals surface area contributed by atoms with E-state index in [2.05, 4.69) is 13.8 Å². The molecule has 0 fully saturated rings. The lowest BCUT2D eigenvalue weighted by atomic mass is 10.0. The molecule has 0 aromatic heterocycles. The van der Waals surface area contributed by atoms with E-state index in [9.17, 15) is 9.90 Å². The summed E-state index contributed by atoms with van der Waals surface area (Å²) in [4.78, 5) is 13.2. The number of hydrogen-bond donors (Lipinski definition) is 2. The van der Waals surface area contributed by atoms with E-state index in [1.165, 1.54) is 0 Å². The third-order valence-electron chi connectivity index (χ3n) is 3.40. The van der Waals surface area contributed by atoms with Crippen LogP contribution in [0.1, 0.15) is 19.4 Å². The maximum absolute atomic E-state index is 11.2. The normalized spacial score (nSPS) is 11.4. The van der Waals surface area contributed by atoms with Gasteiger partial charge in [-0.25, -0.2) is 0 Å². The van der Waals surface area contributed by atoms with Crippen LogP contribution in [-0.2, 0) is 11.3 Å². The van der Waals surface area contributed by atoms with Crippen LogP contribution in [0.4, 0.5) is 0 Å². The van der Waals surface area contributed by atoms with Crippen molar-refractivity contribution in [2.75, 3.05) is 13.1 Å². The van der Waals surface area contributed by atoms with E-state index < -0.39 is 0 Å². The summed E-state index contributed by atoms with van der Waals surface area (Å²) in [5.41, 5.74) is 6.17.